The largest absolute Gasteiger partial charge is 0.170 e. The van der Waals surface area contributed by atoms with E-state index in [9.17, 15) is 0 Å². The van der Waals surface area contributed by atoms with Crippen molar-refractivity contribution in [1.29, 1.82) is 0 Å². The molecule has 0 spiro atoms. The highest BCUT2D eigenvalue weighted by Crippen LogP contribution is 2.20. The summed E-state index contributed by atoms with van der Waals surface area (Å²) in [4.78, 5) is 2.64. The molecule has 0 amide bonds. The molecule has 0 aliphatic carbocycles. The minimum atomic E-state index is 0.912. The molecule has 93 valence electrons. The predicted molar refractivity (Wildman–Crippen MR) is 74.5 cm³/mol. The number of unbranched alkanes of at least 4 members (excludes halogenated alkanes) is 1. The molecule has 1 aromatic carbocycles. The summed E-state index contributed by atoms with van der Waals surface area (Å²) >= 11 is 0. The Hall–Kier alpha value is -0.820. The normalized spacial score (nSPS) is 18.4. The molecule has 1 nitrogen and oxygen atoms in total. The molecule has 1 aromatic rings. The number of rotatable bonds is 5. The molecule has 1 aliphatic rings. The summed E-state index contributed by atoms with van der Waals surface area (Å²) in [7, 11) is 0. The fourth-order valence-electron chi connectivity index (χ4n) is 2.74. The van der Waals surface area contributed by atoms with Crippen molar-refractivity contribution in [3.05, 3.63) is 35.9 Å². The first-order valence-electron chi connectivity index (χ1n) is 7.14. The molecule has 1 heteroatoms. The zero-order valence-corrected chi connectivity index (χ0v) is 11.1. The Morgan fingerprint density at radius 1 is 1.12 bits per heavy atom. The van der Waals surface area contributed by atoms with Gasteiger partial charge in [-0.05, 0) is 17.9 Å². The predicted octanol–water partition coefficient (Wildman–Crippen LogP) is 3.58. The third kappa shape index (κ3) is 4.16. The third-order valence-corrected chi connectivity index (χ3v) is 3.90. The van der Waals surface area contributed by atoms with Crippen molar-refractivity contribution >= 4 is 0 Å². The van der Waals surface area contributed by atoms with Crippen LogP contribution >= 0.6 is 0 Å². The molecular weight excluding hydrogens is 206 g/mol. The fourth-order valence-corrected chi connectivity index (χ4v) is 2.74. The standard InChI is InChI=1S/C16H25N/c1-2-3-11-17-12-9-16(10-13-17)14-15-7-5-4-6-8-15/h4-8,16H,2-3,9-14H2,1H3/q+1. The van der Waals surface area contributed by atoms with Gasteiger partial charge in [-0.15, -0.1) is 0 Å². The number of nitrogens with zero attached hydrogens (tertiary/aromatic N) is 1. The molecule has 0 saturated carbocycles. The lowest BCUT2D eigenvalue weighted by Crippen LogP contribution is -2.39. The summed E-state index contributed by atoms with van der Waals surface area (Å²) in [6.45, 7) is 6.23. The van der Waals surface area contributed by atoms with Gasteiger partial charge in [0.1, 0.15) is 19.6 Å². The Morgan fingerprint density at radius 2 is 1.82 bits per heavy atom. The maximum absolute atomic E-state index is 2.64. The van der Waals surface area contributed by atoms with E-state index in [0.717, 1.165) is 5.92 Å². The van der Waals surface area contributed by atoms with E-state index in [0.29, 0.717) is 0 Å². The van der Waals surface area contributed by atoms with Gasteiger partial charge < -0.3 is 0 Å². The molecule has 0 bridgehead atoms. The van der Waals surface area contributed by atoms with Gasteiger partial charge in [0.25, 0.3) is 0 Å². The monoisotopic (exact) mass is 231 g/mol. The van der Waals surface area contributed by atoms with Gasteiger partial charge in [0, 0.05) is 19.3 Å². The van der Waals surface area contributed by atoms with Gasteiger partial charge in [-0.1, -0.05) is 43.7 Å². The maximum Gasteiger partial charge on any atom is 0.123 e. The highest BCUT2D eigenvalue weighted by Gasteiger charge is 2.25. The smallest absolute Gasteiger partial charge is 0.123 e. The summed E-state index contributed by atoms with van der Waals surface area (Å²) in [6, 6.07) is 11.0. The van der Waals surface area contributed by atoms with Crippen LogP contribution in [0.25, 0.3) is 0 Å². The van der Waals surface area contributed by atoms with Crippen LogP contribution in [0, 0.1) is 5.92 Å². The average Bonchev–Trinajstić information content (AvgIpc) is 2.39. The van der Waals surface area contributed by atoms with E-state index < -0.39 is 0 Å². The molecule has 0 unspecified atom stereocenters. The van der Waals surface area contributed by atoms with Crippen molar-refractivity contribution in [1.82, 2.24) is 4.90 Å². The number of hydrogen-bond donors (Lipinski definition) is 0. The number of benzene rings is 1. The topological polar surface area (TPSA) is 5.90 Å². The fraction of sp³-hybridized carbons (Fsp3) is 0.625. The quantitative estimate of drug-likeness (QED) is 0.683. The van der Waals surface area contributed by atoms with Crippen molar-refractivity contribution in [2.24, 2.45) is 5.92 Å². The maximum atomic E-state index is 2.64. The number of piperidine rings is 1. The molecule has 1 heterocycles. The van der Waals surface area contributed by atoms with Crippen molar-refractivity contribution in [2.75, 3.05) is 19.6 Å². The van der Waals surface area contributed by atoms with Crippen LogP contribution in [0.15, 0.2) is 30.3 Å². The molecule has 2 rings (SSSR count). The van der Waals surface area contributed by atoms with Crippen LogP contribution in [0.3, 0.4) is 0 Å². The van der Waals surface area contributed by atoms with E-state index in [1.54, 1.807) is 0 Å². The first-order valence-corrected chi connectivity index (χ1v) is 7.14. The first-order chi connectivity index (χ1) is 8.38. The lowest BCUT2D eigenvalue weighted by atomic mass is 9.90. The second kappa shape index (κ2) is 6.80. The van der Waals surface area contributed by atoms with Crippen LogP contribution in [-0.4, -0.2) is 19.6 Å². The van der Waals surface area contributed by atoms with Gasteiger partial charge in [-0.2, -0.15) is 4.90 Å². The highest BCUT2D eigenvalue weighted by molar-refractivity contribution is 5.15. The molecule has 17 heavy (non-hydrogen) atoms. The second-order valence-corrected chi connectivity index (χ2v) is 5.33. The van der Waals surface area contributed by atoms with Crippen LogP contribution in [0.1, 0.15) is 38.2 Å². The minimum Gasteiger partial charge on any atom is -0.170 e. The van der Waals surface area contributed by atoms with Crippen molar-refractivity contribution < 1.29 is 0 Å². The second-order valence-electron chi connectivity index (χ2n) is 5.33. The Labute approximate surface area is 106 Å². The molecule has 0 atom stereocenters. The summed E-state index contributed by atoms with van der Waals surface area (Å²) in [6.07, 6.45) is 6.74. The minimum absolute atomic E-state index is 0.912. The first kappa shape index (κ1) is 12.6. The third-order valence-electron chi connectivity index (χ3n) is 3.90. The molecule has 1 radical (unpaired) electrons. The Bertz CT molecular complexity index is 299. The number of likely N-dealkylation sites (tertiary alicyclic amines) is 1. The van der Waals surface area contributed by atoms with E-state index in [1.807, 2.05) is 0 Å². The Morgan fingerprint density at radius 3 is 2.47 bits per heavy atom. The summed E-state index contributed by atoms with van der Waals surface area (Å²) < 4.78 is 0. The highest BCUT2D eigenvalue weighted by atomic mass is 15.1. The van der Waals surface area contributed by atoms with Crippen molar-refractivity contribution in [3.8, 4) is 0 Å². The van der Waals surface area contributed by atoms with Crippen molar-refractivity contribution in [3.63, 3.8) is 0 Å². The van der Waals surface area contributed by atoms with Gasteiger partial charge in [0.2, 0.25) is 0 Å². The molecule has 1 fully saturated rings. The SMILES string of the molecule is CCCC[N+]1CCC(Cc2ccccc2)CC1. The summed E-state index contributed by atoms with van der Waals surface area (Å²) in [5.41, 5.74) is 1.51. The summed E-state index contributed by atoms with van der Waals surface area (Å²) in [5, 5.41) is 0. The van der Waals surface area contributed by atoms with E-state index in [2.05, 4.69) is 42.2 Å². The summed E-state index contributed by atoms with van der Waals surface area (Å²) in [5.74, 6) is 0.912. The van der Waals surface area contributed by atoms with Crippen LogP contribution in [-0.2, 0) is 6.42 Å². The van der Waals surface area contributed by atoms with Crippen LogP contribution in [0.2, 0.25) is 0 Å². The Kier molecular flexibility index (Phi) is 5.06. The molecular formula is C16H25N+. The lowest BCUT2D eigenvalue weighted by Gasteiger charge is -2.24. The van der Waals surface area contributed by atoms with E-state index >= 15 is 0 Å². The molecule has 1 aliphatic heterocycles. The van der Waals surface area contributed by atoms with E-state index in [4.69, 9.17) is 0 Å². The molecule has 0 aromatic heterocycles. The van der Waals surface area contributed by atoms with Crippen LogP contribution in [0.4, 0.5) is 0 Å². The zero-order chi connectivity index (χ0) is 11.9. The van der Waals surface area contributed by atoms with Gasteiger partial charge in [0.15, 0.2) is 0 Å². The van der Waals surface area contributed by atoms with Gasteiger partial charge >= 0.3 is 0 Å². The lowest BCUT2D eigenvalue weighted by molar-refractivity contribution is 0.268. The van der Waals surface area contributed by atoms with Gasteiger partial charge in [0.05, 0.1) is 0 Å². The molecule has 0 N–H and O–H groups in total. The van der Waals surface area contributed by atoms with Gasteiger partial charge in [-0.25, -0.2) is 0 Å². The van der Waals surface area contributed by atoms with Crippen molar-refractivity contribution in [2.45, 2.75) is 39.0 Å². The van der Waals surface area contributed by atoms with E-state index in [-0.39, 0.29) is 0 Å². The Balaban J connectivity index is 1.72. The van der Waals surface area contributed by atoms with Crippen LogP contribution < -0.4 is 4.90 Å². The average molecular weight is 231 g/mol. The van der Waals surface area contributed by atoms with Gasteiger partial charge in [-0.3, -0.25) is 0 Å². The zero-order valence-electron chi connectivity index (χ0n) is 11.1. The number of hydrogen-bond acceptors (Lipinski definition) is 1. The van der Waals surface area contributed by atoms with Crippen LogP contribution in [0.5, 0.6) is 0 Å². The molecule has 1 saturated heterocycles. The van der Waals surface area contributed by atoms with E-state index in [1.165, 1.54) is 57.3 Å².